The Morgan fingerprint density at radius 3 is 2.77 bits per heavy atom. The number of halogens is 1. The van der Waals surface area contributed by atoms with Crippen molar-refractivity contribution < 1.29 is 9.18 Å². The largest absolute Gasteiger partial charge is 0.352 e. The van der Waals surface area contributed by atoms with Gasteiger partial charge in [0.05, 0.1) is 5.52 Å². The van der Waals surface area contributed by atoms with Crippen molar-refractivity contribution in [3.63, 3.8) is 0 Å². The Kier molecular flexibility index (Phi) is 4.54. The van der Waals surface area contributed by atoms with E-state index in [1.807, 2.05) is 5.38 Å². The smallest absolute Gasteiger partial charge is 0.271 e. The van der Waals surface area contributed by atoms with Crippen LogP contribution in [0.15, 0.2) is 45.7 Å². The minimum absolute atomic E-state index is 0.132. The van der Waals surface area contributed by atoms with Crippen LogP contribution in [-0.2, 0) is 11.8 Å². The summed E-state index contributed by atoms with van der Waals surface area (Å²) in [6.07, 6.45) is 1.95. The van der Waals surface area contributed by atoms with Crippen LogP contribution < -0.4 is 10.9 Å². The molecule has 4 rings (SSSR count). The zero-order valence-corrected chi connectivity index (χ0v) is 15.6. The Morgan fingerprint density at radius 2 is 2.08 bits per heavy atom. The molecule has 0 aliphatic heterocycles. The molecule has 1 N–H and O–H groups in total. The first-order valence-electron chi connectivity index (χ1n) is 8.19. The number of rotatable bonds is 5. The van der Waals surface area contributed by atoms with E-state index in [0.29, 0.717) is 20.9 Å². The Morgan fingerprint density at radius 1 is 1.35 bits per heavy atom. The van der Waals surface area contributed by atoms with Crippen molar-refractivity contribution in [1.82, 2.24) is 14.9 Å². The molecule has 8 heteroatoms. The van der Waals surface area contributed by atoms with Crippen molar-refractivity contribution in [3.8, 4) is 0 Å². The number of benzene rings is 1. The van der Waals surface area contributed by atoms with Crippen LogP contribution >= 0.6 is 23.1 Å². The van der Waals surface area contributed by atoms with E-state index < -0.39 is 5.25 Å². The van der Waals surface area contributed by atoms with Crippen molar-refractivity contribution in [3.05, 3.63) is 57.4 Å². The van der Waals surface area contributed by atoms with Crippen LogP contribution in [0, 0.1) is 5.82 Å². The van der Waals surface area contributed by atoms with E-state index in [0.717, 1.165) is 12.8 Å². The first kappa shape index (κ1) is 17.2. The van der Waals surface area contributed by atoms with Crippen LogP contribution in [0.3, 0.4) is 0 Å². The molecular weight excluding hydrogens is 373 g/mol. The molecule has 0 radical (unpaired) electrons. The van der Waals surface area contributed by atoms with Gasteiger partial charge in [-0.05, 0) is 42.0 Å². The molecule has 1 aliphatic rings. The van der Waals surface area contributed by atoms with Gasteiger partial charge in [-0.3, -0.25) is 14.2 Å². The van der Waals surface area contributed by atoms with Gasteiger partial charge >= 0.3 is 0 Å². The van der Waals surface area contributed by atoms with Gasteiger partial charge < -0.3 is 5.32 Å². The van der Waals surface area contributed by atoms with Crippen molar-refractivity contribution in [2.75, 3.05) is 0 Å². The second-order valence-electron chi connectivity index (χ2n) is 6.23. The van der Waals surface area contributed by atoms with Crippen LogP contribution in [0.25, 0.3) is 10.2 Å². The van der Waals surface area contributed by atoms with Gasteiger partial charge in [0.25, 0.3) is 5.56 Å². The summed E-state index contributed by atoms with van der Waals surface area (Å²) in [5.41, 5.74) is 1.17. The van der Waals surface area contributed by atoms with Gasteiger partial charge in [-0.25, -0.2) is 9.37 Å². The van der Waals surface area contributed by atoms with E-state index in [1.165, 1.54) is 39.8 Å². The molecule has 0 bridgehead atoms. The number of hydrogen-bond acceptors (Lipinski definition) is 5. The lowest BCUT2D eigenvalue weighted by atomic mass is 10.1. The number of thiophene rings is 1. The first-order chi connectivity index (χ1) is 12.5. The van der Waals surface area contributed by atoms with E-state index in [1.54, 1.807) is 25.2 Å². The van der Waals surface area contributed by atoms with Gasteiger partial charge in [-0.15, -0.1) is 11.3 Å². The monoisotopic (exact) mass is 389 g/mol. The Hall–Kier alpha value is -2.19. The van der Waals surface area contributed by atoms with Crippen molar-refractivity contribution in [2.24, 2.45) is 7.05 Å². The zero-order chi connectivity index (χ0) is 18.3. The van der Waals surface area contributed by atoms with Crippen molar-refractivity contribution in [1.29, 1.82) is 0 Å². The summed E-state index contributed by atoms with van der Waals surface area (Å²) in [6.45, 7) is 0. The third kappa shape index (κ3) is 3.39. The highest BCUT2D eigenvalue weighted by molar-refractivity contribution is 8.00. The predicted molar refractivity (Wildman–Crippen MR) is 101 cm³/mol. The van der Waals surface area contributed by atoms with Crippen LogP contribution in [0.2, 0.25) is 0 Å². The predicted octanol–water partition coefficient (Wildman–Crippen LogP) is 3.25. The highest BCUT2D eigenvalue weighted by atomic mass is 32.2. The molecule has 1 saturated carbocycles. The quantitative estimate of drug-likeness (QED) is 0.537. The maximum Gasteiger partial charge on any atom is 0.271 e. The molecule has 2 heterocycles. The molecular formula is C18H16FN3O2S2. The van der Waals surface area contributed by atoms with Gasteiger partial charge in [-0.1, -0.05) is 23.9 Å². The lowest BCUT2D eigenvalue weighted by Crippen LogP contribution is -2.30. The van der Waals surface area contributed by atoms with Gasteiger partial charge in [0.2, 0.25) is 5.91 Å². The number of fused-ring (bicyclic) bond motifs is 1. The highest BCUT2D eigenvalue weighted by Crippen LogP contribution is 2.35. The van der Waals surface area contributed by atoms with Gasteiger partial charge in [0, 0.05) is 13.1 Å². The molecule has 1 unspecified atom stereocenters. The third-order valence-electron chi connectivity index (χ3n) is 4.20. The van der Waals surface area contributed by atoms with Crippen molar-refractivity contribution >= 4 is 39.2 Å². The Balaban J connectivity index is 1.72. The second kappa shape index (κ2) is 6.85. The molecule has 5 nitrogen and oxygen atoms in total. The normalized spacial score (nSPS) is 15.2. The van der Waals surface area contributed by atoms with E-state index in [2.05, 4.69) is 10.3 Å². The standard InChI is InChI=1S/C18H16FN3O2S2/c1-22-17(24)15-13(8-9-25-15)21-18(22)26-14(16(23)20-12-6-7-12)10-2-4-11(19)5-3-10/h2-5,8-9,12,14H,6-7H2,1H3,(H,20,23). The average Bonchev–Trinajstić information content (AvgIpc) is 3.31. The van der Waals surface area contributed by atoms with Gasteiger partial charge in [0.15, 0.2) is 5.16 Å². The summed E-state index contributed by atoms with van der Waals surface area (Å²) in [6, 6.07) is 7.87. The number of thioether (sulfide) groups is 1. The van der Waals surface area contributed by atoms with Crippen LogP contribution in [0.4, 0.5) is 4.39 Å². The van der Waals surface area contributed by atoms with Crippen LogP contribution in [0.1, 0.15) is 23.7 Å². The third-order valence-corrected chi connectivity index (χ3v) is 6.39. The number of carbonyl (C=O) groups is 1. The molecule has 1 aromatic carbocycles. The molecule has 134 valence electrons. The molecule has 26 heavy (non-hydrogen) atoms. The topological polar surface area (TPSA) is 64.0 Å². The number of amides is 1. The van der Waals surface area contributed by atoms with E-state index in [-0.39, 0.29) is 23.3 Å². The fourth-order valence-electron chi connectivity index (χ4n) is 2.59. The maximum atomic E-state index is 13.3. The summed E-state index contributed by atoms with van der Waals surface area (Å²) in [5.74, 6) is -0.505. The molecule has 1 atom stereocenters. The number of nitrogens with one attached hydrogen (secondary N) is 1. The summed E-state index contributed by atoms with van der Waals surface area (Å²) in [4.78, 5) is 29.8. The van der Waals surface area contributed by atoms with E-state index >= 15 is 0 Å². The lowest BCUT2D eigenvalue weighted by molar-refractivity contribution is -0.120. The van der Waals surface area contributed by atoms with Crippen molar-refractivity contribution in [2.45, 2.75) is 29.3 Å². The van der Waals surface area contributed by atoms with Gasteiger partial charge in [0.1, 0.15) is 15.8 Å². The Labute approximate surface area is 157 Å². The van der Waals surface area contributed by atoms with E-state index in [9.17, 15) is 14.0 Å². The van der Waals surface area contributed by atoms with Crippen LogP contribution in [0.5, 0.6) is 0 Å². The average molecular weight is 389 g/mol. The number of aromatic nitrogens is 2. The minimum Gasteiger partial charge on any atom is -0.352 e. The summed E-state index contributed by atoms with van der Waals surface area (Å²) in [5, 5.41) is 4.66. The highest BCUT2D eigenvalue weighted by Gasteiger charge is 2.30. The van der Waals surface area contributed by atoms with Crippen LogP contribution in [-0.4, -0.2) is 21.5 Å². The molecule has 1 amide bonds. The zero-order valence-electron chi connectivity index (χ0n) is 13.9. The summed E-state index contributed by atoms with van der Waals surface area (Å²) < 4.78 is 15.3. The molecule has 3 aromatic rings. The lowest BCUT2D eigenvalue weighted by Gasteiger charge is -2.17. The fourth-order valence-corrected chi connectivity index (χ4v) is 4.47. The fraction of sp³-hybridized carbons (Fsp3) is 0.278. The molecule has 2 aromatic heterocycles. The van der Waals surface area contributed by atoms with E-state index in [4.69, 9.17) is 0 Å². The van der Waals surface area contributed by atoms with Gasteiger partial charge in [-0.2, -0.15) is 0 Å². The summed E-state index contributed by atoms with van der Waals surface area (Å²) >= 11 is 2.56. The molecule has 1 fully saturated rings. The molecule has 1 aliphatic carbocycles. The first-order valence-corrected chi connectivity index (χ1v) is 9.95. The SMILES string of the molecule is Cn1c(SC(C(=O)NC2CC2)c2ccc(F)cc2)nc2ccsc2c1=O. The second-order valence-corrected chi connectivity index (χ2v) is 8.21. The number of carbonyl (C=O) groups excluding carboxylic acids is 1. The minimum atomic E-state index is -0.606. The number of hydrogen-bond donors (Lipinski definition) is 1. The Bertz CT molecular complexity index is 1030. The molecule has 0 spiro atoms. The maximum absolute atomic E-state index is 13.3. The number of nitrogens with zero attached hydrogens (tertiary/aromatic N) is 2. The summed E-state index contributed by atoms with van der Waals surface area (Å²) in [7, 11) is 1.65. The molecule has 0 saturated heterocycles.